The third-order valence-corrected chi connectivity index (χ3v) is 5.27. The van der Waals surface area contributed by atoms with Crippen LogP contribution in [0.15, 0.2) is 18.6 Å². The molecule has 0 bridgehead atoms. The molecule has 0 aromatic carbocycles. The average molecular weight is 358 g/mol. The van der Waals surface area contributed by atoms with Gasteiger partial charge >= 0.3 is 0 Å². The minimum absolute atomic E-state index is 0.0412. The minimum Gasteiger partial charge on any atom is -0.336 e. The van der Waals surface area contributed by atoms with Gasteiger partial charge in [0.15, 0.2) is 0 Å². The first-order chi connectivity index (χ1) is 12.4. The Bertz CT molecular complexity index is 762. The molecule has 1 aliphatic rings. The maximum atomic E-state index is 12.4. The largest absolute Gasteiger partial charge is 0.336 e. The molecule has 7 nitrogen and oxygen atoms in total. The Balaban J connectivity index is 1.68. The number of nitrogens with zero attached hydrogens (tertiary/aromatic N) is 5. The first kappa shape index (κ1) is 18.6. The lowest BCUT2D eigenvalue weighted by Gasteiger charge is -2.27. The summed E-state index contributed by atoms with van der Waals surface area (Å²) < 4.78 is 4.02. The lowest BCUT2D eigenvalue weighted by atomic mass is 9.99. The number of amides is 1. The lowest BCUT2D eigenvalue weighted by molar-refractivity contribution is -0.128. The molecule has 0 unspecified atom stereocenters. The van der Waals surface area contributed by atoms with E-state index in [4.69, 9.17) is 0 Å². The van der Waals surface area contributed by atoms with Crippen LogP contribution < -0.4 is 5.32 Å². The van der Waals surface area contributed by atoms with Gasteiger partial charge in [-0.1, -0.05) is 0 Å². The van der Waals surface area contributed by atoms with E-state index in [0.29, 0.717) is 19.0 Å². The van der Waals surface area contributed by atoms with Crippen molar-refractivity contribution in [3.05, 3.63) is 35.7 Å². The second-order valence-corrected chi connectivity index (χ2v) is 7.43. The Kier molecular flexibility index (Phi) is 5.46. The summed E-state index contributed by atoms with van der Waals surface area (Å²) >= 11 is 0. The average Bonchev–Trinajstić information content (AvgIpc) is 3.25. The van der Waals surface area contributed by atoms with Crippen molar-refractivity contribution in [3.63, 3.8) is 0 Å². The Labute approximate surface area is 155 Å². The summed E-state index contributed by atoms with van der Waals surface area (Å²) in [6.07, 6.45) is 6.43. The molecule has 2 atom stereocenters. The fraction of sp³-hybridized carbons (Fsp3) is 0.632. The Morgan fingerprint density at radius 3 is 2.73 bits per heavy atom. The number of aryl methyl sites for hydroxylation is 2. The summed E-state index contributed by atoms with van der Waals surface area (Å²) in [4.78, 5) is 18.9. The Hall–Kier alpha value is -2.15. The number of carbonyl (C=O) groups excluding carboxylic acids is 1. The number of hydrogen-bond donors (Lipinski definition) is 1. The number of carbonyl (C=O) groups is 1. The van der Waals surface area contributed by atoms with Gasteiger partial charge in [0.1, 0.15) is 5.82 Å². The van der Waals surface area contributed by atoms with E-state index in [-0.39, 0.29) is 17.9 Å². The zero-order valence-electron chi connectivity index (χ0n) is 16.4. The van der Waals surface area contributed by atoms with Crippen molar-refractivity contribution >= 4 is 5.91 Å². The molecule has 3 heterocycles. The van der Waals surface area contributed by atoms with Crippen molar-refractivity contribution in [2.75, 3.05) is 13.1 Å². The topological polar surface area (TPSA) is 68.0 Å². The molecule has 0 aliphatic carbocycles. The summed E-state index contributed by atoms with van der Waals surface area (Å²) in [6, 6.07) is 0.403. The molecule has 1 fully saturated rings. The van der Waals surface area contributed by atoms with Crippen LogP contribution in [0.1, 0.15) is 56.4 Å². The summed E-state index contributed by atoms with van der Waals surface area (Å²) in [5.74, 6) is 1.41. The summed E-state index contributed by atoms with van der Waals surface area (Å²) in [5, 5.41) is 8.11. The molecule has 0 radical (unpaired) electrons. The number of hydrogen-bond acceptors (Lipinski definition) is 4. The maximum Gasteiger partial charge on any atom is 0.223 e. The second kappa shape index (κ2) is 7.61. The molecule has 0 saturated carbocycles. The molecule has 26 heavy (non-hydrogen) atoms. The number of nitrogens with one attached hydrogen (secondary N) is 1. The number of likely N-dealkylation sites (tertiary alicyclic amines) is 1. The molecule has 1 aliphatic heterocycles. The van der Waals surface area contributed by atoms with Crippen molar-refractivity contribution < 1.29 is 4.79 Å². The zero-order chi connectivity index (χ0) is 18.8. The molecular formula is C19H30N6O. The summed E-state index contributed by atoms with van der Waals surface area (Å²) in [5.41, 5.74) is 2.27. The van der Waals surface area contributed by atoms with Gasteiger partial charge in [-0.05, 0) is 27.7 Å². The number of aromatic nitrogens is 4. The van der Waals surface area contributed by atoms with Crippen LogP contribution in [-0.2, 0) is 18.4 Å². The van der Waals surface area contributed by atoms with Gasteiger partial charge in [-0.25, -0.2) is 4.98 Å². The highest BCUT2D eigenvalue weighted by molar-refractivity contribution is 5.79. The maximum absolute atomic E-state index is 12.4. The monoisotopic (exact) mass is 358 g/mol. The van der Waals surface area contributed by atoms with Crippen LogP contribution in [0, 0.1) is 12.8 Å². The number of rotatable bonds is 7. The quantitative estimate of drug-likeness (QED) is 0.824. The Morgan fingerprint density at radius 2 is 2.15 bits per heavy atom. The predicted octanol–water partition coefficient (Wildman–Crippen LogP) is 2.21. The standard InChI is InChI=1S/C19H30N6O/c1-6-24-17(26)9-15(18(24)19-21-7-8-23(19)5)10-20-11-16-12-25(13(2)3)22-14(16)4/h7-8,12-13,15,18,20H,6,9-11H2,1-5H3/t15-,18+/m0/s1. The molecule has 1 saturated heterocycles. The highest BCUT2D eigenvalue weighted by Gasteiger charge is 2.41. The van der Waals surface area contributed by atoms with Crippen LogP contribution in [0.2, 0.25) is 0 Å². The van der Waals surface area contributed by atoms with Crippen molar-refractivity contribution in [2.24, 2.45) is 13.0 Å². The van der Waals surface area contributed by atoms with Gasteiger partial charge in [0.05, 0.1) is 11.7 Å². The van der Waals surface area contributed by atoms with E-state index in [0.717, 1.165) is 24.6 Å². The Morgan fingerprint density at radius 1 is 1.38 bits per heavy atom. The van der Waals surface area contributed by atoms with Crippen molar-refractivity contribution in [3.8, 4) is 0 Å². The van der Waals surface area contributed by atoms with Gasteiger partial charge < -0.3 is 14.8 Å². The van der Waals surface area contributed by atoms with Gasteiger partial charge in [-0.2, -0.15) is 5.10 Å². The van der Waals surface area contributed by atoms with E-state index >= 15 is 0 Å². The molecule has 2 aromatic rings. The molecule has 142 valence electrons. The van der Waals surface area contributed by atoms with E-state index in [1.165, 1.54) is 5.56 Å². The van der Waals surface area contributed by atoms with Gasteiger partial charge in [-0.15, -0.1) is 0 Å². The molecule has 3 rings (SSSR count). The van der Waals surface area contributed by atoms with E-state index in [1.807, 2.05) is 41.2 Å². The lowest BCUT2D eigenvalue weighted by Crippen LogP contribution is -2.33. The van der Waals surface area contributed by atoms with Crippen LogP contribution in [-0.4, -0.2) is 43.2 Å². The molecule has 0 spiro atoms. The van der Waals surface area contributed by atoms with Gasteiger partial charge in [0.25, 0.3) is 0 Å². The van der Waals surface area contributed by atoms with E-state index in [2.05, 4.69) is 35.4 Å². The van der Waals surface area contributed by atoms with Crippen LogP contribution in [0.3, 0.4) is 0 Å². The van der Waals surface area contributed by atoms with E-state index in [9.17, 15) is 4.79 Å². The molecule has 7 heteroatoms. The van der Waals surface area contributed by atoms with Crippen LogP contribution in [0.4, 0.5) is 0 Å². The van der Waals surface area contributed by atoms with Crippen LogP contribution >= 0.6 is 0 Å². The van der Waals surface area contributed by atoms with E-state index in [1.54, 1.807) is 6.20 Å². The van der Waals surface area contributed by atoms with Crippen LogP contribution in [0.5, 0.6) is 0 Å². The molecule has 1 N–H and O–H groups in total. The molecular weight excluding hydrogens is 328 g/mol. The highest BCUT2D eigenvalue weighted by atomic mass is 16.2. The fourth-order valence-electron chi connectivity index (χ4n) is 3.78. The molecule has 2 aromatic heterocycles. The summed E-state index contributed by atoms with van der Waals surface area (Å²) in [7, 11) is 1.99. The SMILES string of the molecule is CCN1C(=O)C[C@@H](CNCc2cn(C(C)C)nc2C)[C@@H]1c1nccn1C. The van der Waals surface area contributed by atoms with E-state index < -0.39 is 0 Å². The fourth-order valence-corrected chi connectivity index (χ4v) is 3.78. The third-order valence-electron chi connectivity index (χ3n) is 5.27. The smallest absolute Gasteiger partial charge is 0.223 e. The van der Waals surface area contributed by atoms with Gasteiger partial charge in [0.2, 0.25) is 5.91 Å². The summed E-state index contributed by atoms with van der Waals surface area (Å²) in [6.45, 7) is 10.6. The van der Waals surface area contributed by atoms with Crippen molar-refractivity contribution in [1.82, 2.24) is 29.5 Å². The first-order valence-electron chi connectivity index (χ1n) is 9.44. The number of imidazole rings is 1. The van der Waals surface area contributed by atoms with Crippen LogP contribution in [0.25, 0.3) is 0 Å². The second-order valence-electron chi connectivity index (χ2n) is 7.43. The van der Waals surface area contributed by atoms with Crippen molar-refractivity contribution in [1.29, 1.82) is 0 Å². The van der Waals surface area contributed by atoms with Crippen molar-refractivity contribution in [2.45, 2.75) is 52.7 Å². The predicted molar refractivity (Wildman–Crippen MR) is 100 cm³/mol. The normalized spacial score (nSPS) is 20.5. The molecule has 1 amide bonds. The van der Waals surface area contributed by atoms with Gasteiger partial charge in [-0.3, -0.25) is 9.48 Å². The zero-order valence-corrected chi connectivity index (χ0v) is 16.4. The highest BCUT2D eigenvalue weighted by Crippen LogP contribution is 2.36. The third kappa shape index (κ3) is 3.53. The van der Waals surface area contributed by atoms with Gasteiger partial charge in [0, 0.05) is 69.2 Å². The minimum atomic E-state index is 0.0412. The first-order valence-corrected chi connectivity index (χ1v) is 9.44.